The van der Waals surface area contributed by atoms with E-state index in [4.69, 9.17) is 9.47 Å². The van der Waals surface area contributed by atoms with Crippen molar-refractivity contribution in [3.8, 4) is 0 Å². The van der Waals surface area contributed by atoms with E-state index < -0.39 is 0 Å². The normalized spacial score (nSPS) is 23.9. The highest BCUT2D eigenvalue weighted by Crippen LogP contribution is 2.44. The third-order valence-electron chi connectivity index (χ3n) is 3.43. The minimum atomic E-state index is -0.359. The molecule has 0 heterocycles. The van der Waals surface area contributed by atoms with Crippen LogP contribution < -0.4 is 0 Å². The highest BCUT2D eigenvalue weighted by atomic mass is 16.5. The molecule has 2 unspecified atom stereocenters. The van der Waals surface area contributed by atoms with Gasteiger partial charge < -0.3 is 9.47 Å². The lowest BCUT2D eigenvalue weighted by Gasteiger charge is -2.14. The molecule has 0 amide bonds. The summed E-state index contributed by atoms with van der Waals surface area (Å²) in [4.78, 5) is 24.1. The zero-order valence-corrected chi connectivity index (χ0v) is 11.5. The van der Waals surface area contributed by atoms with Gasteiger partial charge in [-0.1, -0.05) is 26.0 Å². The predicted octanol–water partition coefficient (Wildman–Crippen LogP) is 2.40. The Balaban J connectivity index is 2.16. The van der Waals surface area contributed by atoms with Crippen LogP contribution in [0.2, 0.25) is 0 Å². The van der Waals surface area contributed by atoms with Gasteiger partial charge in [0.2, 0.25) is 0 Å². The van der Waals surface area contributed by atoms with Gasteiger partial charge in [0.15, 0.2) is 0 Å². The van der Waals surface area contributed by atoms with Crippen molar-refractivity contribution >= 4 is 11.9 Å². The van der Waals surface area contributed by atoms with Crippen LogP contribution in [0, 0.1) is 11.8 Å². The van der Waals surface area contributed by atoms with Gasteiger partial charge in [0.25, 0.3) is 0 Å². The zero-order chi connectivity index (χ0) is 13.8. The fourth-order valence-electron chi connectivity index (χ4n) is 2.59. The lowest BCUT2D eigenvalue weighted by Crippen LogP contribution is -2.20. The Morgan fingerprint density at radius 1 is 1.00 bits per heavy atom. The third kappa shape index (κ3) is 2.72. The van der Waals surface area contributed by atoms with Crippen molar-refractivity contribution in [3.63, 3.8) is 0 Å². The van der Waals surface area contributed by atoms with Crippen LogP contribution in [-0.2, 0) is 19.1 Å². The van der Waals surface area contributed by atoms with E-state index in [1.54, 1.807) is 0 Å². The Morgan fingerprint density at radius 3 is 1.79 bits per heavy atom. The number of hydrogen-bond acceptors (Lipinski definition) is 4. The quantitative estimate of drug-likeness (QED) is 0.546. The molecule has 0 N–H and O–H groups in total. The molecular formula is C15H20O4. The van der Waals surface area contributed by atoms with Crippen LogP contribution in [0.1, 0.15) is 33.1 Å². The van der Waals surface area contributed by atoms with E-state index in [0.717, 1.165) is 19.3 Å². The van der Waals surface area contributed by atoms with Gasteiger partial charge in [0, 0.05) is 11.8 Å². The maximum Gasteiger partial charge on any atom is 0.335 e. The topological polar surface area (TPSA) is 52.6 Å². The summed E-state index contributed by atoms with van der Waals surface area (Å²) in [5.41, 5.74) is 1.03. The van der Waals surface area contributed by atoms with Crippen LogP contribution in [0.15, 0.2) is 23.3 Å². The molecule has 2 aliphatic rings. The molecule has 0 aromatic heterocycles. The molecule has 0 radical (unpaired) electrons. The molecule has 0 saturated heterocycles. The number of fused-ring (bicyclic) bond motifs is 2. The zero-order valence-electron chi connectivity index (χ0n) is 11.5. The van der Waals surface area contributed by atoms with E-state index in [-0.39, 0.29) is 23.8 Å². The third-order valence-corrected chi connectivity index (χ3v) is 3.43. The second kappa shape index (κ2) is 6.04. The van der Waals surface area contributed by atoms with Crippen molar-refractivity contribution in [3.05, 3.63) is 23.3 Å². The van der Waals surface area contributed by atoms with Gasteiger partial charge in [0.05, 0.1) is 24.4 Å². The lowest BCUT2D eigenvalue weighted by atomic mass is 9.97. The lowest BCUT2D eigenvalue weighted by molar-refractivity contribution is -0.142. The Hall–Kier alpha value is -1.58. The largest absolute Gasteiger partial charge is 0.462 e. The first-order chi connectivity index (χ1) is 9.19. The highest BCUT2D eigenvalue weighted by molar-refractivity contribution is 6.03. The van der Waals surface area contributed by atoms with Crippen molar-refractivity contribution in [1.29, 1.82) is 0 Å². The molecule has 0 aromatic rings. The summed E-state index contributed by atoms with van der Waals surface area (Å²) in [6.07, 6.45) is 6.33. The molecular weight excluding hydrogens is 244 g/mol. The molecule has 4 nitrogen and oxygen atoms in total. The van der Waals surface area contributed by atoms with E-state index in [2.05, 4.69) is 0 Å². The Morgan fingerprint density at radius 2 is 1.42 bits per heavy atom. The van der Waals surface area contributed by atoms with Crippen LogP contribution >= 0.6 is 0 Å². The van der Waals surface area contributed by atoms with E-state index in [1.165, 1.54) is 0 Å². The molecule has 0 fully saturated rings. The summed E-state index contributed by atoms with van der Waals surface area (Å²) < 4.78 is 10.3. The van der Waals surface area contributed by atoms with E-state index in [1.807, 2.05) is 26.0 Å². The smallest absolute Gasteiger partial charge is 0.335 e. The minimum Gasteiger partial charge on any atom is -0.462 e. The SMILES string of the molecule is CCCOC(=O)C1=C(C(=O)OCCC)C2C=CC1C2. The number of carbonyl (C=O) groups is 2. The summed E-state index contributed by atoms with van der Waals surface area (Å²) in [5, 5.41) is 0. The Labute approximate surface area is 113 Å². The molecule has 2 aliphatic carbocycles. The van der Waals surface area contributed by atoms with Gasteiger partial charge in [-0.25, -0.2) is 9.59 Å². The molecule has 0 spiro atoms. The molecule has 2 atom stereocenters. The van der Waals surface area contributed by atoms with Gasteiger partial charge >= 0.3 is 11.9 Å². The van der Waals surface area contributed by atoms with Crippen LogP contribution in [-0.4, -0.2) is 25.2 Å². The summed E-state index contributed by atoms with van der Waals surface area (Å²) >= 11 is 0. The average molecular weight is 264 g/mol. The van der Waals surface area contributed by atoms with E-state index >= 15 is 0 Å². The first-order valence-electron chi connectivity index (χ1n) is 6.95. The predicted molar refractivity (Wildman–Crippen MR) is 70.3 cm³/mol. The van der Waals surface area contributed by atoms with Crippen molar-refractivity contribution in [2.75, 3.05) is 13.2 Å². The molecule has 2 rings (SSSR count). The van der Waals surface area contributed by atoms with E-state index in [0.29, 0.717) is 24.4 Å². The number of esters is 2. The Bertz CT molecular complexity index is 395. The summed E-state index contributed by atoms with van der Waals surface area (Å²) in [7, 11) is 0. The second-order valence-corrected chi connectivity index (χ2v) is 4.93. The van der Waals surface area contributed by atoms with Gasteiger partial charge in [-0.15, -0.1) is 0 Å². The van der Waals surface area contributed by atoms with Gasteiger partial charge in [-0.2, -0.15) is 0 Å². The van der Waals surface area contributed by atoms with Crippen LogP contribution in [0.5, 0.6) is 0 Å². The maximum atomic E-state index is 12.1. The first-order valence-corrected chi connectivity index (χ1v) is 6.95. The molecule has 2 bridgehead atoms. The number of rotatable bonds is 6. The molecule has 0 aromatic carbocycles. The maximum absolute atomic E-state index is 12.1. The van der Waals surface area contributed by atoms with Gasteiger partial charge in [-0.3, -0.25) is 0 Å². The van der Waals surface area contributed by atoms with Gasteiger partial charge in [-0.05, 0) is 19.3 Å². The number of carbonyl (C=O) groups excluding carboxylic acids is 2. The molecule has 0 saturated carbocycles. The fraction of sp³-hybridized carbons (Fsp3) is 0.600. The monoisotopic (exact) mass is 264 g/mol. The highest BCUT2D eigenvalue weighted by Gasteiger charge is 2.42. The van der Waals surface area contributed by atoms with Crippen molar-refractivity contribution in [2.45, 2.75) is 33.1 Å². The van der Waals surface area contributed by atoms with Crippen LogP contribution in [0.3, 0.4) is 0 Å². The summed E-state index contributed by atoms with van der Waals surface area (Å²) in [6, 6.07) is 0. The minimum absolute atomic E-state index is 0.0264. The van der Waals surface area contributed by atoms with E-state index in [9.17, 15) is 9.59 Å². The van der Waals surface area contributed by atoms with Crippen molar-refractivity contribution < 1.29 is 19.1 Å². The number of allylic oxidation sites excluding steroid dienone is 2. The fourth-order valence-corrected chi connectivity index (χ4v) is 2.59. The molecule has 0 aliphatic heterocycles. The molecule has 4 heteroatoms. The molecule has 19 heavy (non-hydrogen) atoms. The van der Waals surface area contributed by atoms with Gasteiger partial charge in [0.1, 0.15) is 0 Å². The second-order valence-electron chi connectivity index (χ2n) is 4.93. The van der Waals surface area contributed by atoms with Crippen LogP contribution in [0.4, 0.5) is 0 Å². The van der Waals surface area contributed by atoms with Crippen molar-refractivity contribution in [2.24, 2.45) is 11.8 Å². The molecule has 104 valence electrons. The summed E-state index contributed by atoms with van der Waals surface area (Å²) in [5.74, 6) is -0.665. The van der Waals surface area contributed by atoms with Crippen LogP contribution in [0.25, 0.3) is 0 Å². The Kier molecular flexibility index (Phi) is 4.40. The number of ether oxygens (including phenoxy) is 2. The van der Waals surface area contributed by atoms with Crippen molar-refractivity contribution in [1.82, 2.24) is 0 Å². The number of hydrogen-bond donors (Lipinski definition) is 0. The summed E-state index contributed by atoms with van der Waals surface area (Å²) in [6.45, 7) is 4.67. The first kappa shape index (κ1) is 13.8. The standard InChI is InChI=1S/C15H20O4/c1-3-7-18-14(16)12-10-5-6-11(9-10)13(12)15(17)19-8-4-2/h5-6,10-11H,3-4,7-9H2,1-2H3. The average Bonchev–Trinajstić information content (AvgIpc) is 3.02.